The fourth-order valence-electron chi connectivity index (χ4n) is 2.20. The number of carbonyl (C=O) groups excluding carboxylic acids is 1. The van der Waals surface area contributed by atoms with E-state index in [0.29, 0.717) is 12.3 Å². The van der Waals surface area contributed by atoms with Gasteiger partial charge in [0.15, 0.2) is 0 Å². The minimum absolute atomic E-state index is 0.267. The Labute approximate surface area is 123 Å². The van der Waals surface area contributed by atoms with Crippen LogP contribution >= 0.6 is 0 Å². The first-order valence-corrected chi connectivity index (χ1v) is 7.85. The number of hydrogen-bond acceptors (Lipinski definition) is 2. The standard InChI is InChI=1S/C18H28O2/c1-4-5-6-7-14-20-18-12-10-17(11-13-18)15(2)8-9-16(3)19/h10-13,15H,4-9,14H2,1-3H3. The fraction of sp³-hybridized carbons (Fsp3) is 0.611. The Morgan fingerprint density at radius 2 is 1.85 bits per heavy atom. The van der Waals surface area contributed by atoms with E-state index in [1.54, 1.807) is 6.92 Å². The summed E-state index contributed by atoms with van der Waals surface area (Å²) < 4.78 is 5.73. The summed E-state index contributed by atoms with van der Waals surface area (Å²) in [5.74, 6) is 1.64. The van der Waals surface area contributed by atoms with Gasteiger partial charge in [0, 0.05) is 6.42 Å². The largest absolute Gasteiger partial charge is 0.494 e. The van der Waals surface area contributed by atoms with Crippen LogP contribution in [0.4, 0.5) is 0 Å². The summed E-state index contributed by atoms with van der Waals surface area (Å²) in [6.45, 7) is 6.85. The molecule has 0 spiro atoms. The van der Waals surface area contributed by atoms with Crippen molar-refractivity contribution in [3.8, 4) is 5.75 Å². The normalized spacial score (nSPS) is 12.2. The maximum absolute atomic E-state index is 11.0. The molecule has 0 aliphatic carbocycles. The van der Waals surface area contributed by atoms with E-state index in [1.807, 2.05) is 12.1 Å². The smallest absolute Gasteiger partial charge is 0.129 e. The van der Waals surface area contributed by atoms with Crippen LogP contribution in [0.3, 0.4) is 0 Å². The Kier molecular flexibility index (Phi) is 8.01. The second-order valence-electron chi connectivity index (χ2n) is 5.62. The lowest BCUT2D eigenvalue weighted by Gasteiger charge is -2.12. The Balaban J connectivity index is 2.33. The van der Waals surface area contributed by atoms with Crippen molar-refractivity contribution in [2.45, 2.75) is 65.2 Å². The molecule has 0 heterocycles. The lowest BCUT2D eigenvalue weighted by Crippen LogP contribution is -1.99. The van der Waals surface area contributed by atoms with Gasteiger partial charge in [0.05, 0.1) is 6.61 Å². The molecule has 0 aliphatic heterocycles. The summed E-state index contributed by atoms with van der Waals surface area (Å²) in [7, 11) is 0. The number of carbonyl (C=O) groups is 1. The molecule has 1 atom stereocenters. The molecule has 0 radical (unpaired) electrons. The molecule has 2 nitrogen and oxygen atoms in total. The Bertz CT molecular complexity index is 381. The molecule has 2 heteroatoms. The third kappa shape index (κ3) is 6.74. The maximum Gasteiger partial charge on any atom is 0.129 e. The van der Waals surface area contributed by atoms with Crippen LogP contribution in [0.5, 0.6) is 5.75 Å². The summed E-state index contributed by atoms with van der Waals surface area (Å²) in [4.78, 5) is 11.0. The molecule has 0 fully saturated rings. The van der Waals surface area contributed by atoms with Crippen LogP contribution in [-0.4, -0.2) is 12.4 Å². The van der Waals surface area contributed by atoms with Crippen LogP contribution in [0.25, 0.3) is 0 Å². The summed E-state index contributed by atoms with van der Waals surface area (Å²) >= 11 is 0. The summed E-state index contributed by atoms with van der Waals surface area (Å²) in [5, 5.41) is 0. The highest BCUT2D eigenvalue weighted by Crippen LogP contribution is 2.23. The fourth-order valence-corrected chi connectivity index (χ4v) is 2.20. The van der Waals surface area contributed by atoms with E-state index >= 15 is 0 Å². The monoisotopic (exact) mass is 276 g/mol. The quantitative estimate of drug-likeness (QED) is 0.554. The van der Waals surface area contributed by atoms with E-state index in [9.17, 15) is 4.79 Å². The number of benzene rings is 1. The molecule has 1 aromatic rings. The van der Waals surface area contributed by atoms with Crippen molar-refractivity contribution < 1.29 is 9.53 Å². The third-order valence-corrected chi connectivity index (χ3v) is 3.65. The third-order valence-electron chi connectivity index (χ3n) is 3.65. The number of ether oxygens (including phenoxy) is 1. The highest BCUT2D eigenvalue weighted by Gasteiger charge is 2.07. The second kappa shape index (κ2) is 9.57. The van der Waals surface area contributed by atoms with Gasteiger partial charge in [-0.1, -0.05) is 45.2 Å². The molecule has 1 unspecified atom stereocenters. The van der Waals surface area contributed by atoms with Crippen molar-refractivity contribution in [3.63, 3.8) is 0 Å². The van der Waals surface area contributed by atoms with Gasteiger partial charge in [-0.25, -0.2) is 0 Å². The Morgan fingerprint density at radius 1 is 1.15 bits per heavy atom. The van der Waals surface area contributed by atoms with Gasteiger partial charge < -0.3 is 9.53 Å². The number of rotatable bonds is 10. The number of ketones is 1. The molecule has 1 rings (SSSR count). The highest BCUT2D eigenvalue weighted by atomic mass is 16.5. The number of hydrogen-bond donors (Lipinski definition) is 0. The SMILES string of the molecule is CCCCCCOc1ccc(C(C)CCC(C)=O)cc1. The minimum Gasteiger partial charge on any atom is -0.494 e. The van der Waals surface area contributed by atoms with Crippen LogP contribution in [0.2, 0.25) is 0 Å². The first-order chi connectivity index (χ1) is 9.63. The molecule has 0 saturated carbocycles. The van der Waals surface area contributed by atoms with Crippen molar-refractivity contribution in [1.82, 2.24) is 0 Å². The van der Waals surface area contributed by atoms with Crippen LogP contribution in [0.1, 0.15) is 70.8 Å². The summed E-state index contributed by atoms with van der Waals surface area (Å²) in [6, 6.07) is 8.32. The predicted octanol–water partition coefficient (Wildman–Crippen LogP) is 5.12. The van der Waals surface area contributed by atoms with Gasteiger partial charge in [-0.05, 0) is 43.4 Å². The molecule has 112 valence electrons. The minimum atomic E-state index is 0.267. The average Bonchev–Trinajstić information content (AvgIpc) is 2.45. The van der Waals surface area contributed by atoms with Crippen molar-refractivity contribution in [2.24, 2.45) is 0 Å². The predicted molar refractivity (Wildman–Crippen MR) is 84.4 cm³/mol. The summed E-state index contributed by atoms with van der Waals surface area (Å²) in [6.07, 6.45) is 6.51. The van der Waals surface area contributed by atoms with Crippen molar-refractivity contribution >= 4 is 5.78 Å². The van der Waals surface area contributed by atoms with Crippen LogP contribution in [0.15, 0.2) is 24.3 Å². The van der Waals surface area contributed by atoms with E-state index in [4.69, 9.17) is 4.74 Å². The number of Topliss-reactive ketones (excluding diaryl/α,β-unsaturated/α-hetero) is 1. The summed E-state index contributed by atoms with van der Waals surface area (Å²) in [5.41, 5.74) is 1.28. The molecule has 0 saturated heterocycles. The molecule has 0 N–H and O–H groups in total. The van der Waals surface area contributed by atoms with Crippen LogP contribution in [0, 0.1) is 0 Å². The second-order valence-corrected chi connectivity index (χ2v) is 5.62. The van der Waals surface area contributed by atoms with Gasteiger partial charge in [0.1, 0.15) is 11.5 Å². The van der Waals surface area contributed by atoms with Crippen molar-refractivity contribution in [2.75, 3.05) is 6.61 Å². The first-order valence-electron chi connectivity index (χ1n) is 7.85. The lowest BCUT2D eigenvalue weighted by atomic mass is 9.95. The molecule has 0 bridgehead atoms. The zero-order valence-corrected chi connectivity index (χ0v) is 13.2. The van der Waals surface area contributed by atoms with E-state index < -0.39 is 0 Å². The molecule has 0 aliphatic rings. The highest BCUT2D eigenvalue weighted by molar-refractivity contribution is 5.75. The molecular formula is C18H28O2. The lowest BCUT2D eigenvalue weighted by molar-refractivity contribution is -0.117. The zero-order chi connectivity index (χ0) is 14.8. The molecule has 0 aromatic heterocycles. The van der Waals surface area contributed by atoms with E-state index in [0.717, 1.165) is 25.2 Å². The van der Waals surface area contributed by atoms with Crippen LogP contribution < -0.4 is 4.74 Å². The first kappa shape index (κ1) is 16.7. The molecule has 0 amide bonds. The molecule has 20 heavy (non-hydrogen) atoms. The van der Waals surface area contributed by atoms with E-state index in [-0.39, 0.29) is 5.78 Å². The van der Waals surface area contributed by atoms with Crippen LogP contribution in [-0.2, 0) is 4.79 Å². The maximum atomic E-state index is 11.0. The van der Waals surface area contributed by atoms with Crippen molar-refractivity contribution in [3.05, 3.63) is 29.8 Å². The van der Waals surface area contributed by atoms with E-state index in [1.165, 1.54) is 24.8 Å². The number of unbranched alkanes of at least 4 members (excludes halogenated alkanes) is 3. The van der Waals surface area contributed by atoms with Crippen molar-refractivity contribution in [1.29, 1.82) is 0 Å². The van der Waals surface area contributed by atoms with Gasteiger partial charge in [-0.3, -0.25) is 0 Å². The zero-order valence-electron chi connectivity index (χ0n) is 13.2. The Morgan fingerprint density at radius 3 is 2.45 bits per heavy atom. The molecule has 1 aromatic carbocycles. The van der Waals surface area contributed by atoms with Gasteiger partial charge in [-0.2, -0.15) is 0 Å². The Hall–Kier alpha value is -1.31. The topological polar surface area (TPSA) is 26.3 Å². The van der Waals surface area contributed by atoms with Gasteiger partial charge in [0.25, 0.3) is 0 Å². The molecular weight excluding hydrogens is 248 g/mol. The average molecular weight is 276 g/mol. The van der Waals surface area contributed by atoms with Gasteiger partial charge in [-0.15, -0.1) is 0 Å². The van der Waals surface area contributed by atoms with E-state index in [2.05, 4.69) is 26.0 Å². The van der Waals surface area contributed by atoms with Gasteiger partial charge in [0.2, 0.25) is 0 Å². The van der Waals surface area contributed by atoms with Gasteiger partial charge >= 0.3 is 0 Å².